The minimum absolute atomic E-state index is 0.552. The summed E-state index contributed by atoms with van der Waals surface area (Å²) in [5.41, 5.74) is 3.83. The van der Waals surface area contributed by atoms with Crippen molar-refractivity contribution >= 4 is 63.3 Å². The van der Waals surface area contributed by atoms with Crippen molar-refractivity contribution in [3.63, 3.8) is 0 Å². The van der Waals surface area contributed by atoms with E-state index in [2.05, 4.69) is 72.3 Å². The van der Waals surface area contributed by atoms with Gasteiger partial charge in [0.2, 0.25) is 5.95 Å². The van der Waals surface area contributed by atoms with Crippen molar-refractivity contribution in [2.24, 2.45) is 0 Å². The first kappa shape index (κ1) is 28.8. The summed E-state index contributed by atoms with van der Waals surface area (Å²) < 4.78 is 18.0. The number of hydrogen-bond acceptors (Lipinski definition) is 4. The van der Waals surface area contributed by atoms with Crippen molar-refractivity contribution in [3.8, 4) is 28.7 Å². The predicted molar refractivity (Wildman–Crippen MR) is 201 cm³/mol. The number of benzene rings is 6. The molecular formula is C41H31N4OPSi. The number of rotatable bonds is 4. The van der Waals surface area contributed by atoms with Crippen molar-refractivity contribution in [2.75, 3.05) is 0 Å². The summed E-state index contributed by atoms with van der Waals surface area (Å²) in [5, 5.41) is 7.30. The van der Waals surface area contributed by atoms with Crippen LogP contribution < -0.4 is 26.3 Å². The van der Waals surface area contributed by atoms with Crippen LogP contribution in [-0.4, -0.2) is 27.6 Å². The number of para-hydroxylation sites is 1. The van der Waals surface area contributed by atoms with Crippen LogP contribution in [0.3, 0.4) is 0 Å². The predicted octanol–water partition coefficient (Wildman–Crippen LogP) is 7.08. The van der Waals surface area contributed by atoms with Crippen LogP contribution in [0.25, 0.3) is 50.5 Å². The maximum Gasteiger partial charge on any atom is 0.238 e. The fourth-order valence-electron chi connectivity index (χ4n) is 7.35. The van der Waals surface area contributed by atoms with Crippen molar-refractivity contribution in [1.29, 1.82) is 0 Å². The molecule has 0 bridgehead atoms. The van der Waals surface area contributed by atoms with Gasteiger partial charge in [-0.05, 0) is 28.6 Å². The molecule has 0 fully saturated rings. The topological polar surface area (TPSA) is 60.7 Å². The Balaban J connectivity index is 1.39. The maximum absolute atomic E-state index is 15.8. The summed E-state index contributed by atoms with van der Waals surface area (Å²) in [6.07, 6.45) is 0. The molecule has 1 atom stereocenters. The lowest BCUT2D eigenvalue weighted by Gasteiger charge is -2.38. The Kier molecular flexibility index (Phi) is 6.48. The third-order valence-electron chi connectivity index (χ3n) is 9.73. The van der Waals surface area contributed by atoms with Gasteiger partial charge in [0.15, 0.2) is 18.8 Å². The van der Waals surface area contributed by atoms with E-state index in [-0.39, 0.29) is 0 Å². The molecule has 0 saturated heterocycles. The Hall–Kier alpha value is -5.42. The SMILES string of the molecule is C[Si]1(C)c2ccccc2P(=O)(c2ccccc2)c2cc3c4ccccc4n(-c4nc(-c5ccccc5)nc(-c5ccccc5)n4)c3cc21. The molecule has 0 saturated carbocycles. The zero-order valence-corrected chi connectivity index (χ0v) is 28.5. The highest BCUT2D eigenvalue weighted by Gasteiger charge is 2.46. The van der Waals surface area contributed by atoms with Gasteiger partial charge in [-0.1, -0.05) is 147 Å². The standard InChI is InChI=1S/C41H31N4OPSi/c1-48(2)37-25-15-14-24-35(37)47(46,30-20-10-5-11-21-30)36-26-32-31-22-12-13-23-33(31)45(34(32)27-38(36)48)41-43-39(28-16-6-3-7-17-28)42-40(44-41)29-18-8-4-9-19-29/h3-27H,1-2H3. The minimum atomic E-state index is -3.18. The Bertz CT molecular complexity index is 2510. The largest absolute Gasteiger partial charge is 0.309 e. The Morgan fingerprint density at radius 3 is 1.75 bits per heavy atom. The van der Waals surface area contributed by atoms with E-state index in [9.17, 15) is 0 Å². The van der Waals surface area contributed by atoms with E-state index in [1.54, 1.807) is 0 Å². The van der Waals surface area contributed by atoms with E-state index in [4.69, 9.17) is 15.0 Å². The smallest absolute Gasteiger partial charge is 0.238 e. The number of hydrogen-bond donors (Lipinski definition) is 0. The van der Waals surface area contributed by atoms with Gasteiger partial charge in [0.1, 0.15) is 8.07 Å². The zero-order valence-electron chi connectivity index (χ0n) is 26.6. The molecule has 1 aliphatic heterocycles. The number of nitrogens with zero attached hydrogens (tertiary/aromatic N) is 4. The minimum Gasteiger partial charge on any atom is -0.309 e. The molecule has 0 amide bonds. The molecule has 1 unspecified atom stereocenters. The van der Waals surface area contributed by atoms with Gasteiger partial charge >= 0.3 is 0 Å². The maximum atomic E-state index is 15.8. The third-order valence-corrected chi connectivity index (χ3v) is 16.8. The average Bonchev–Trinajstić information content (AvgIpc) is 3.48. The second-order valence-electron chi connectivity index (χ2n) is 12.8. The van der Waals surface area contributed by atoms with Gasteiger partial charge in [0, 0.05) is 37.8 Å². The van der Waals surface area contributed by atoms with Crippen LogP contribution in [-0.2, 0) is 4.57 Å². The molecule has 3 heterocycles. The summed E-state index contributed by atoms with van der Waals surface area (Å²) in [4.78, 5) is 15.2. The molecule has 0 spiro atoms. The number of fused-ring (bicyclic) bond motifs is 5. The molecule has 0 aliphatic carbocycles. The Labute approximate surface area is 280 Å². The highest BCUT2D eigenvalue weighted by molar-refractivity contribution is 7.87. The summed E-state index contributed by atoms with van der Waals surface area (Å²) in [6, 6.07) is 51.5. The van der Waals surface area contributed by atoms with Gasteiger partial charge < -0.3 is 4.57 Å². The average molecular weight is 655 g/mol. The lowest BCUT2D eigenvalue weighted by atomic mass is 10.1. The summed E-state index contributed by atoms with van der Waals surface area (Å²) >= 11 is 0. The van der Waals surface area contributed by atoms with E-state index in [1.807, 2.05) is 97.1 Å². The van der Waals surface area contributed by atoms with Crippen molar-refractivity contribution in [3.05, 3.63) is 152 Å². The lowest BCUT2D eigenvalue weighted by molar-refractivity contribution is 0.592. The van der Waals surface area contributed by atoms with Gasteiger partial charge in [0.05, 0.1) is 11.0 Å². The zero-order chi connectivity index (χ0) is 32.5. The van der Waals surface area contributed by atoms with Gasteiger partial charge in [-0.2, -0.15) is 9.97 Å². The quantitative estimate of drug-likeness (QED) is 0.150. The molecule has 9 rings (SSSR count). The molecule has 0 radical (unpaired) electrons. The molecular weight excluding hydrogens is 624 g/mol. The van der Waals surface area contributed by atoms with Gasteiger partial charge in [0.25, 0.3) is 0 Å². The summed E-state index contributed by atoms with van der Waals surface area (Å²) in [5.74, 6) is 1.77. The first-order chi connectivity index (χ1) is 23.4. The molecule has 1 aliphatic rings. The van der Waals surface area contributed by atoms with Crippen LogP contribution in [0.2, 0.25) is 13.1 Å². The first-order valence-electron chi connectivity index (χ1n) is 16.2. The van der Waals surface area contributed by atoms with Gasteiger partial charge in [-0.25, -0.2) is 4.98 Å². The lowest BCUT2D eigenvalue weighted by Crippen LogP contribution is -2.67. The normalized spacial score (nSPS) is 16.5. The van der Waals surface area contributed by atoms with Crippen molar-refractivity contribution in [1.82, 2.24) is 19.5 Å². The molecule has 7 heteroatoms. The monoisotopic (exact) mass is 654 g/mol. The molecule has 230 valence electrons. The summed E-state index contributed by atoms with van der Waals surface area (Å²) in [7, 11) is -5.49. The molecule has 6 aromatic carbocycles. The van der Waals surface area contributed by atoms with Crippen LogP contribution in [0.15, 0.2) is 152 Å². The molecule has 8 aromatic rings. The Morgan fingerprint density at radius 1 is 0.521 bits per heavy atom. The Morgan fingerprint density at radius 2 is 1.08 bits per heavy atom. The second kappa shape index (κ2) is 10.8. The van der Waals surface area contributed by atoms with Crippen LogP contribution in [0.1, 0.15) is 0 Å². The highest BCUT2D eigenvalue weighted by Crippen LogP contribution is 2.45. The molecule has 5 nitrogen and oxygen atoms in total. The number of aromatic nitrogens is 4. The molecule has 0 N–H and O–H groups in total. The van der Waals surface area contributed by atoms with E-state index >= 15 is 4.57 Å². The third kappa shape index (κ3) is 4.23. The van der Waals surface area contributed by atoms with E-state index < -0.39 is 15.2 Å². The molecule has 2 aromatic heterocycles. The van der Waals surface area contributed by atoms with E-state index in [0.29, 0.717) is 17.6 Å². The fourth-order valence-corrected chi connectivity index (χ4v) is 15.5. The van der Waals surface area contributed by atoms with Gasteiger partial charge in [-0.3, -0.25) is 4.57 Å². The van der Waals surface area contributed by atoms with Crippen molar-refractivity contribution < 1.29 is 4.57 Å². The molecule has 48 heavy (non-hydrogen) atoms. The van der Waals surface area contributed by atoms with Crippen LogP contribution in [0, 0.1) is 0 Å². The van der Waals surface area contributed by atoms with Crippen LogP contribution in [0.5, 0.6) is 0 Å². The van der Waals surface area contributed by atoms with Crippen molar-refractivity contribution in [2.45, 2.75) is 13.1 Å². The summed E-state index contributed by atoms with van der Waals surface area (Å²) in [6.45, 7) is 4.75. The van der Waals surface area contributed by atoms with E-state index in [1.165, 1.54) is 10.4 Å². The second-order valence-corrected chi connectivity index (χ2v) is 19.9. The fraction of sp³-hybridized carbons (Fsp3) is 0.0488. The van der Waals surface area contributed by atoms with E-state index in [0.717, 1.165) is 48.8 Å². The van der Waals surface area contributed by atoms with Crippen LogP contribution >= 0.6 is 7.14 Å². The van der Waals surface area contributed by atoms with Crippen LogP contribution in [0.4, 0.5) is 0 Å². The van der Waals surface area contributed by atoms with Gasteiger partial charge in [-0.15, -0.1) is 0 Å². The first-order valence-corrected chi connectivity index (χ1v) is 20.9. The highest BCUT2D eigenvalue weighted by atomic mass is 31.2.